The van der Waals surface area contributed by atoms with E-state index in [0.717, 1.165) is 10.2 Å². The van der Waals surface area contributed by atoms with Crippen LogP contribution in [0.1, 0.15) is 38.7 Å². The minimum Gasteiger partial charge on any atom is -0.302 e. The highest BCUT2D eigenvalue weighted by atomic mass is 32.1. The highest BCUT2D eigenvalue weighted by Crippen LogP contribution is 2.28. The molecule has 90 valence electrons. The molecule has 0 saturated heterocycles. The summed E-state index contributed by atoms with van der Waals surface area (Å²) >= 11 is 1.53. The van der Waals surface area contributed by atoms with Crippen molar-refractivity contribution in [3.05, 3.63) is 23.8 Å². The first-order valence-electron chi connectivity index (χ1n) is 5.80. The molecule has 0 saturated carbocycles. The van der Waals surface area contributed by atoms with Gasteiger partial charge in [-0.2, -0.15) is 0 Å². The number of hydrogen-bond donors (Lipinski definition) is 1. The van der Waals surface area contributed by atoms with Crippen molar-refractivity contribution >= 4 is 32.6 Å². The van der Waals surface area contributed by atoms with Gasteiger partial charge in [-0.25, -0.2) is 4.98 Å². The average Bonchev–Trinajstić information content (AvgIpc) is 2.69. The van der Waals surface area contributed by atoms with Crippen LogP contribution in [-0.4, -0.2) is 10.9 Å². The van der Waals surface area contributed by atoms with E-state index in [4.69, 9.17) is 0 Å². The van der Waals surface area contributed by atoms with Crippen LogP contribution in [-0.2, 0) is 4.79 Å². The van der Waals surface area contributed by atoms with Crippen LogP contribution < -0.4 is 5.32 Å². The number of fused-ring (bicyclic) bond motifs is 1. The van der Waals surface area contributed by atoms with Gasteiger partial charge in [-0.1, -0.05) is 38.2 Å². The molecule has 1 heterocycles. The van der Waals surface area contributed by atoms with Crippen molar-refractivity contribution in [2.75, 3.05) is 5.32 Å². The Labute approximate surface area is 105 Å². The molecule has 0 unspecified atom stereocenters. The van der Waals surface area contributed by atoms with Crippen LogP contribution in [0.4, 0.5) is 5.13 Å². The van der Waals surface area contributed by atoms with E-state index in [0.29, 0.717) is 17.5 Å². The number of nitrogens with zero attached hydrogens (tertiary/aromatic N) is 1. The molecule has 3 nitrogen and oxygen atoms in total. The van der Waals surface area contributed by atoms with Crippen LogP contribution in [0.2, 0.25) is 0 Å². The number of aromatic nitrogens is 1. The number of amides is 1. The molecule has 1 aromatic heterocycles. The highest BCUT2D eigenvalue weighted by molar-refractivity contribution is 7.22. The fourth-order valence-electron chi connectivity index (χ4n) is 1.56. The Morgan fingerprint density at radius 1 is 1.47 bits per heavy atom. The fourth-order valence-corrected chi connectivity index (χ4v) is 2.49. The molecule has 0 spiro atoms. The number of carbonyl (C=O) groups is 1. The van der Waals surface area contributed by atoms with Gasteiger partial charge in [0.2, 0.25) is 5.91 Å². The molecule has 4 heteroatoms. The Morgan fingerprint density at radius 2 is 2.24 bits per heavy atom. The van der Waals surface area contributed by atoms with Crippen molar-refractivity contribution in [2.24, 2.45) is 0 Å². The van der Waals surface area contributed by atoms with Crippen molar-refractivity contribution in [3.8, 4) is 0 Å². The molecule has 17 heavy (non-hydrogen) atoms. The molecule has 0 aliphatic heterocycles. The summed E-state index contributed by atoms with van der Waals surface area (Å²) in [5.41, 5.74) is 2.25. The molecule has 2 aromatic rings. The summed E-state index contributed by atoms with van der Waals surface area (Å²) in [7, 11) is 0. The number of anilines is 1. The zero-order valence-electron chi connectivity index (χ0n) is 10.3. The third-order valence-electron chi connectivity index (χ3n) is 2.65. The minimum absolute atomic E-state index is 0.00754. The number of rotatable bonds is 3. The quantitative estimate of drug-likeness (QED) is 0.898. The SMILES string of the molecule is CCC(=O)Nc1nc2ccc(C(C)C)cc2s1. The van der Waals surface area contributed by atoms with E-state index in [2.05, 4.69) is 36.3 Å². The van der Waals surface area contributed by atoms with E-state index in [-0.39, 0.29) is 5.91 Å². The van der Waals surface area contributed by atoms with Gasteiger partial charge in [0, 0.05) is 6.42 Å². The van der Waals surface area contributed by atoms with Gasteiger partial charge in [-0.15, -0.1) is 0 Å². The fraction of sp³-hybridized carbons (Fsp3) is 0.385. The van der Waals surface area contributed by atoms with E-state index in [1.54, 1.807) is 0 Å². The van der Waals surface area contributed by atoms with Crippen molar-refractivity contribution in [3.63, 3.8) is 0 Å². The molecule has 0 aliphatic rings. The summed E-state index contributed by atoms with van der Waals surface area (Å²) in [6.07, 6.45) is 0.479. The summed E-state index contributed by atoms with van der Waals surface area (Å²) in [5.74, 6) is 0.517. The lowest BCUT2D eigenvalue weighted by Gasteiger charge is -2.03. The maximum atomic E-state index is 11.3. The molecule has 0 fully saturated rings. The van der Waals surface area contributed by atoms with E-state index < -0.39 is 0 Å². The number of benzene rings is 1. The molecule has 0 aliphatic carbocycles. The van der Waals surface area contributed by atoms with Gasteiger partial charge in [0.1, 0.15) is 0 Å². The summed E-state index contributed by atoms with van der Waals surface area (Å²) in [5, 5.41) is 3.49. The first-order chi connectivity index (χ1) is 8.10. The number of thiazole rings is 1. The lowest BCUT2D eigenvalue weighted by atomic mass is 10.0. The normalized spacial score (nSPS) is 11.1. The first-order valence-corrected chi connectivity index (χ1v) is 6.62. The first kappa shape index (κ1) is 12.0. The molecule has 1 amide bonds. The molecular weight excluding hydrogens is 232 g/mol. The zero-order valence-corrected chi connectivity index (χ0v) is 11.1. The summed E-state index contributed by atoms with van der Waals surface area (Å²) in [4.78, 5) is 15.7. The minimum atomic E-state index is 0.00754. The lowest BCUT2D eigenvalue weighted by Crippen LogP contribution is -2.08. The van der Waals surface area contributed by atoms with E-state index in [1.807, 2.05) is 13.0 Å². The Balaban J connectivity index is 2.33. The molecule has 2 rings (SSSR count). The Hall–Kier alpha value is -1.42. The topological polar surface area (TPSA) is 42.0 Å². The summed E-state index contributed by atoms with van der Waals surface area (Å²) in [6, 6.07) is 6.26. The van der Waals surface area contributed by atoms with Crippen LogP contribution in [0.15, 0.2) is 18.2 Å². The van der Waals surface area contributed by atoms with Crippen LogP contribution in [0, 0.1) is 0 Å². The second-order valence-corrected chi connectivity index (χ2v) is 5.33. The van der Waals surface area contributed by atoms with Gasteiger partial charge in [0.15, 0.2) is 5.13 Å². The van der Waals surface area contributed by atoms with Crippen molar-refractivity contribution in [1.82, 2.24) is 4.98 Å². The van der Waals surface area contributed by atoms with E-state index in [9.17, 15) is 4.79 Å². The standard InChI is InChI=1S/C13H16N2OS/c1-4-12(16)15-13-14-10-6-5-9(8(2)3)7-11(10)17-13/h5-8H,4H2,1-3H3,(H,14,15,16). The number of hydrogen-bond acceptors (Lipinski definition) is 3. The van der Waals surface area contributed by atoms with Gasteiger partial charge in [0.05, 0.1) is 10.2 Å². The molecular formula is C13H16N2OS. The third kappa shape index (κ3) is 2.64. The molecule has 0 bridgehead atoms. The van der Waals surface area contributed by atoms with Gasteiger partial charge >= 0.3 is 0 Å². The van der Waals surface area contributed by atoms with E-state index >= 15 is 0 Å². The monoisotopic (exact) mass is 248 g/mol. The van der Waals surface area contributed by atoms with Crippen molar-refractivity contribution in [1.29, 1.82) is 0 Å². The van der Waals surface area contributed by atoms with Crippen LogP contribution in [0.25, 0.3) is 10.2 Å². The predicted octanol–water partition coefficient (Wildman–Crippen LogP) is 3.77. The maximum Gasteiger partial charge on any atom is 0.225 e. The third-order valence-corrected chi connectivity index (χ3v) is 3.58. The summed E-state index contributed by atoms with van der Waals surface area (Å²) in [6.45, 7) is 6.17. The second-order valence-electron chi connectivity index (χ2n) is 4.30. The zero-order chi connectivity index (χ0) is 12.4. The summed E-state index contributed by atoms with van der Waals surface area (Å²) < 4.78 is 1.13. The Morgan fingerprint density at radius 3 is 2.88 bits per heavy atom. The maximum absolute atomic E-state index is 11.3. The second kappa shape index (κ2) is 4.84. The largest absolute Gasteiger partial charge is 0.302 e. The number of nitrogens with one attached hydrogen (secondary N) is 1. The average molecular weight is 248 g/mol. The number of carbonyl (C=O) groups excluding carboxylic acids is 1. The van der Waals surface area contributed by atoms with Crippen LogP contribution in [0.5, 0.6) is 0 Å². The smallest absolute Gasteiger partial charge is 0.225 e. The lowest BCUT2D eigenvalue weighted by molar-refractivity contribution is -0.115. The van der Waals surface area contributed by atoms with Crippen molar-refractivity contribution < 1.29 is 4.79 Å². The van der Waals surface area contributed by atoms with Gasteiger partial charge in [-0.3, -0.25) is 4.79 Å². The molecule has 0 atom stereocenters. The molecule has 1 N–H and O–H groups in total. The Bertz CT molecular complexity index is 545. The van der Waals surface area contributed by atoms with Gasteiger partial charge < -0.3 is 5.32 Å². The van der Waals surface area contributed by atoms with Gasteiger partial charge in [0.25, 0.3) is 0 Å². The van der Waals surface area contributed by atoms with Crippen LogP contribution in [0.3, 0.4) is 0 Å². The highest BCUT2D eigenvalue weighted by Gasteiger charge is 2.08. The van der Waals surface area contributed by atoms with Crippen LogP contribution >= 0.6 is 11.3 Å². The molecule has 1 aromatic carbocycles. The van der Waals surface area contributed by atoms with E-state index in [1.165, 1.54) is 16.9 Å². The predicted molar refractivity (Wildman–Crippen MR) is 72.6 cm³/mol. The van der Waals surface area contributed by atoms with Gasteiger partial charge in [-0.05, 0) is 23.6 Å². The Kier molecular flexibility index (Phi) is 3.43. The molecule has 0 radical (unpaired) electrons. The van der Waals surface area contributed by atoms with Crippen molar-refractivity contribution in [2.45, 2.75) is 33.1 Å².